The summed E-state index contributed by atoms with van der Waals surface area (Å²) >= 11 is 0. The van der Waals surface area contributed by atoms with Crippen molar-refractivity contribution in [1.82, 2.24) is 15.1 Å². The van der Waals surface area contributed by atoms with Crippen LogP contribution in [0.3, 0.4) is 0 Å². The maximum Gasteiger partial charge on any atom is 0.335 e. The summed E-state index contributed by atoms with van der Waals surface area (Å²) in [4.78, 5) is 27.1. The highest BCUT2D eigenvalue weighted by Gasteiger charge is 2.19. The summed E-state index contributed by atoms with van der Waals surface area (Å²) in [5.74, 6) is -0.959. The van der Waals surface area contributed by atoms with Gasteiger partial charge in [0, 0.05) is 32.7 Å². The number of likely N-dealkylation sites (N-methyl/N-ethyl adjacent to an activating group) is 1. The standard InChI is InChI=1S/C15H21N3O3/c1-2-17-6-8-18(9-7-17)15(21)16-11-12-4-3-5-13(10-12)14(19)20/h3-5,10H,2,6-9,11H2,1H3,(H,16,21)(H,19,20). The van der Waals surface area contributed by atoms with E-state index >= 15 is 0 Å². The molecule has 0 atom stereocenters. The van der Waals surface area contributed by atoms with E-state index in [0.717, 1.165) is 38.3 Å². The largest absolute Gasteiger partial charge is 0.478 e. The van der Waals surface area contributed by atoms with Gasteiger partial charge in [-0.1, -0.05) is 19.1 Å². The zero-order valence-electron chi connectivity index (χ0n) is 12.2. The van der Waals surface area contributed by atoms with Crippen molar-refractivity contribution in [1.29, 1.82) is 0 Å². The van der Waals surface area contributed by atoms with Crippen LogP contribution in [0.4, 0.5) is 4.79 Å². The monoisotopic (exact) mass is 291 g/mol. The molecule has 0 saturated carbocycles. The summed E-state index contributed by atoms with van der Waals surface area (Å²) in [5.41, 5.74) is 1.02. The Morgan fingerprint density at radius 1 is 1.24 bits per heavy atom. The van der Waals surface area contributed by atoms with Gasteiger partial charge < -0.3 is 20.2 Å². The van der Waals surface area contributed by atoms with Crippen molar-refractivity contribution in [3.63, 3.8) is 0 Å². The first-order valence-corrected chi connectivity index (χ1v) is 7.17. The van der Waals surface area contributed by atoms with E-state index in [4.69, 9.17) is 5.11 Å². The number of nitrogens with zero attached hydrogens (tertiary/aromatic N) is 2. The fourth-order valence-electron chi connectivity index (χ4n) is 2.37. The van der Waals surface area contributed by atoms with Crippen LogP contribution in [-0.2, 0) is 6.54 Å². The van der Waals surface area contributed by atoms with Gasteiger partial charge in [-0.3, -0.25) is 0 Å². The first kappa shape index (κ1) is 15.3. The van der Waals surface area contributed by atoms with Crippen LogP contribution in [0, 0.1) is 0 Å². The quantitative estimate of drug-likeness (QED) is 0.875. The summed E-state index contributed by atoms with van der Waals surface area (Å²) in [5, 5.41) is 11.8. The molecule has 0 aliphatic carbocycles. The van der Waals surface area contributed by atoms with E-state index in [-0.39, 0.29) is 11.6 Å². The number of benzene rings is 1. The summed E-state index contributed by atoms with van der Waals surface area (Å²) in [6.45, 7) is 6.73. The Kier molecular flexibility index (Phi) is 5.16. The lowest BCUT2D eigenvalue weighted by molar-refractivity contribution is 0.0696. The van der Waals surface area contributed by atoms with Crippen LogP contribution in [0.5, 0.6) is 0 Å². The number of rotatable bonds is 4. The lowest BCUT2D eigenvalue weighted by Gasteiger charge is -2.34. The molecule has 21 heavy (non-hydrogen) atoms. The maximum atomic E-state index is 12.1. The Morgan fingerprint density at radius 2 is 1.95 bits per heavy atom. The molecule has 1 aromatic rings. The zero-order valence-corrected chi connectivity index (χ0v) is 12.2. The van der Waals surface area contributed by atoms with E-state index in [1.807, 2.05) is 6.07 Å². The predicted molar refractivity (Wildman–Crippen MR) is 79.3 cm³/mol. The third-order valence-corrected chi connectivity index (χ3v) is 3.72. The second-order valence-electron chi connectivity index (χ2n) is 5.09. The fraction of sp³-hybridized carbons (Fsp3) is 0.467. The molecule has 0 radical (unpaired) electrons. The average molecular weight is 291 g/mol. The van der Waals surface area contributed by atoms with Crippen LogP contribution < -0.4 is 5.32 Å². The van der Waals surface area contributed by atoms with Crippen LogP contribution in [-0.4, -0.2) is 59.6 Å². The van der Waals surface area contributed by atoms with Gasteiger partial charge in [0.15, 0.2) is 0 Å². The minimum Gasteiger partial charge on any atom is -0.478 e. The first-order chi connectivity index (χ1) is 10.1. The molecule has 1 fully saturated rings. The van der Waals surface area contributed by atoms with Crippen molar-refractivity contribution in [2.24, 2.45) is 0 Å². The van der Waals surface area contributed by atoms with Gasteiger partial charge in [-0.05, 0) is 24.2 Å². The first-order valence-electron chi connectivity index (χ1n) is 7.17. The molecule has 0 aromatic heterocycles. The molecule has 1 saturated heterocycles. The minimum atomic E-state index is -0.959. The third kappa shape index (κ3) is 4.19. The summed E-state index contributed by atoms with van der Waals surface area (Å²) in [6, 6.07) is 6.52. The molecule has 0 unspecified atom stereocenters. The van der Waals surface area contributed by atoms with E-state index in [1.54, 1.807) is 17.0 Å². The molecule has 0 spiro atoms. The van der Waals surface area contributed by atoms with Gasteiger partial charge in [0.1, 0.15) is 0 Å². The van der Waals surface area contributed by atoms with Crippen molar-refractivity contribution in [2.45, 2.75) is 13.5 Å². The highest BCUT2D eigenvalue weighted by Crippen LogP contribution is 2.06. The van der Waals surface area contributed by atoms with Gasteiger partial charge in [0.05, 0.1) is 5.56 Å². The minimum absolute atomic E-state index is 0.0912. The molecule has 114 valence electrons. The summed E-state index contributed by atoms with van der Waals surface area (Å²) < 4.78 is 0. The predicted octanol–water partition coefficient (Wildman–Crippen LogP) is 1.23. The smallest absolute Gasteiger partial charge is 0.335 e. The molecule has 1 aliphatic rings. The van der Waals surface area contributed by atoms with E-state index in [9.17, 15) is 9.59 Å². The number of urea groups is 1. The second-order valence-corrected chi connectivity index (χ2v) is 5.09. The Bertz CT molecular complexity index is 511. The highest BCUT2D eigenvalue weighted by molar-refractivity contribution is 5.87. The van der Waals surface area contributed by atoms with Crippen LogP contribution in [0.15, 0.2) is 24.3 Å². The Labute approximate surface area is 124 Å². The van der Waals surface area contributed by atoms with Gasteiger partial charge in [-0.25, -0.2) is 9.59 Å². The van der Waals surface area contributed by atoms with E-state index in [1.165, 1.54) is 6.07 Å². The molecule has 0 bridgehead atoms. The maximum absolute atomic E-state index is 12.1. The Morgan fingerprint density at radius 3 is 2.57 bits per heavy atom. The van der Waals surface area contributed by atoms with Crippen LogP contribution in [0.1, 0.15) is 22.8 Å². The molecule has 6 heteroatoms. The van der Waals surface area contributed by atoms with E-state index in [0.29, 0.717) is 6.54 Å². The highest BCUT2D eigenvalue weighted by atomic mass is 16.4. The molecular formula is C15H21N3O3. The SMILES string of the molecule is CCN1CCN(C(=O)NCc2cccc(C(=O)O)c2)CC1. The number of carbonyl (C=O) groups is 2. The van der Waals surface area contributed by atoms with Crippen molar-refractivity contribution in [3.8, 4) is 0 Å². The summed E-state index contributed by atoms with van der Waals surface area (Å²) in [7, 11) is 0. The number of piperazine rings is 1. The molecule has 1 heterocycles. The molecule has 1 aromatic carbocycles. The van der Waals surface area contributed by atoms with Crippen molar-refractivity contribution < 1.29 is 14.7 Å². The van der Waals surface area contributed by atoms with Crippen molar-refractivity contribution in [3.05, 3.63) is 35.4 Å². The number of carboxylic acids is 1. The number of hydrogen-bond acceptors (Lipinski definition) is 3. The number of carboxylic acid groups (broad SMARTS) is 1. The average Bonchev–Trinajstić information content (AvgIpc) is 2.53. The van der Waals surface area contributed by atoms with Gasteiger partial charge >= 0.3 is 12.0 Å². The normalized spacial score (nSPS) is 15.8. The third-order valence-electron chi connectivity index (χ3n) is 3.72. The molecular weight excluding hydrogens is 270 g/mol. The van der Waals surface area contributed by atoms with Gasteiger partial charge in [-0.2, -0.15) is 0 Å². The van der Waals surface area contributed by atoms with Gasteiger partial charge in [0.2, 0.25) is 0 Å². The van der Waals surface area contributed by atoms with Crippen LogP contribution in [0.2, 0.25) is 0 Å². The molecule has 2 N–H and O–H groups in total. The number of carbonyl (C=O) groups excluding carboxylic acids is 1. The van der Waals surface area contributed by atoms with Crippen molar-refractivity contribution in [2.75, 3.05) is 32.7 Å². The van der Waals surface area contributed by atoms with E-state index in [2.05, 4.69) is 17.1 Å². The van der Waals surface area contributed by atoms with Gasteiger partial charge in [0.25, 0.3) is 0 Å². The number of amides is 2. The molecule has 2 rings (SSSR count). The van der Waals surface area contributed by atoms with Crippen molar-refractivity contribution >= 4 is 12.0 Å². The van der Waals surface area contributed by atoms with Crippen LogP contribution >= 0.6 is 0 Å². The van der Waals surface area contributed by atoms with Crippen LogP contribution in [0.25, 0.3) is 0 Å². The zero-order chi connectivity index (χ0) is 15.2. The molecule has 1 aliphatic heterocycles. The topological polar surface area (TPSA) is 72.9 Å². The summed E-state index contributed by atoms with van der Waals surface area (Å²) in [6.07, 6.45) is 0. The number of aromatic carboxylic acids is 1. The lowest BCUT2D eigenvalue weighted by atomic mass is 10.1. The Balaban J connectivity index is 1.84. The van der Waals surface area contributed by atoms with Gasteiger partial charge in [-0.15, -0.1) is 0 Å². The second kappa shape index (κ2) is 7.08. The fourth-order valence-corrected chi connectivity index (χ4v) is 2.37. The molecule has 6 nitrogen and oxygen atoms in total. The Hall–Kier alpha value is -2.08. The molecule has 2 amide bonds. The van der Waals surface area contributed by atoms with E-state index < -0.39 is 5.97 Å². The number of hydrogen-bond donors (Lipinski definition) is 2. The number of nitrogens with one attached hydrogen (secondary N) is 1. The lowest BCUT2D eigenvalue weighted by Crippen LogP contribution is -2.51.